The average molecular weight is 268 g/mol. The Balaban J connectivity index is 2.51. The maximum absolute atomic E-state index is 12.0. The third-order valence-corrected chi connectivity index (χ3v) is 2.83. The standard InChI is InChI=1S/C12H14ClN3O2/c1-2-9-11(12(18)14-5-6-17)16-7-8(13)3-4-10(16)15-9/h3-4,7,17H,2,5-6H2,1H3,(H,14,18). The van der Waals surface area contributed by atoms with Gasteiger partial charge in [0.15, 0.2) is 0 Å². The molecule has 2 heterocycles. The summed E-state index contributed by atoms with van der Waals surface area (Å²) < 4.78 is 1.67. The number of amides is 1. The molecular weight excluding hydrogens is 254 g/mol. The lowest BCUT2D eigenvalue weighted by molar-refractivity contribution is 0.0938. The number of nitrogens with one attached hydrogen (secondary N) is 1. The monoisotopic (exact) mass is 267 g/mol. The highest BCUT2D eigenvalue weighted by molar-refractivity contribution is 6.30. The van der Waals surface area contributed by atoms with E-state index in [1.54, 1.807) is 22.7 Å². The van der Waals surface area contributed by atoms with E-state index in [0.717, 1.165) is 0 Å². The summed E-state index contributed by atoms with van der Waals surface area (Å²) in [5.74, 6) is -0.254. The number of fused-ring (bicyclic) bond motifs is 1. The number of halogens is 1. The van der Waals surface area contributed by atoms with E-state index in [9.17, 15) is 4.79 Å². The van der Waals surface area contributed by atoms with Crippen LogP contribution in [0.2, 0.25) is 5.02 Å². The molecule has 2 aromatic rings. The van der Waals surface area contributed by atoms with E-state index in [1.165, 1.54) is 0 Å². The van der Waals surface area contributed by atoms with Crippen molar-refractivity contribution in [2.24, 2.45) is 0 Å². The molecule has 0 aliphatic rings. The summed E-state index contributed by atoms with van der Waals surface area (Å²) >= 11 is 5.93. The SMILES string of the molecule is CCc1nc2ccc(Cl)cn2c1C(=O)NCCO. The molecule has 0 aromatic carbocycles. The number of carbonyl (C=O) groups excluding carboxylic acids is 1. The van der Waals surface area contributed by atoms with Crippen LogP contribution >= 0.6 is 11.6 Å². The number of hydrogen-bond donors (Lipinski definition) is 2. The zero-order valence-corrected chi connectivity index (χ0v) is 10.7. The number of aromatic nitrogens is 2. The smallest absolute Gasteiger partial charge is 0.270 e. The second kappa shape index (κ2) is 5.37. The van der Waals surface area contributed by atoms with Crippen LogP contribution < -0.4 is 5.32 Å². The lowest BCUT2D eigenvalue weighted by atomic mass is 10.2. The van der Waals surface area contributed by atoms with Crippen molar-refractivity contribution in [2.75, 3.05) is 13.2 Å². The predicted molar refractivity (Wildman–Crippen MR) is 69.0 cm³/mol. The van der Waals surface area contributed by atoms with Crippen molar-refractivity contribution in [1.82, 2.24) is 14.7 Å². The summed E-state index contributed by atoms with van der Waals surface area (Å²) in [6.45, 7) is 2.06. The molecule has 18 heavy (non-hydrogen) atoms. The van der Waals surface area contributed by atoms with Gasteiger partial charge in [0.25, 0.3) is 5.91 Å². The predicted octanol–water partition coefficient (Wildman–Crippen LogP) is 1.27. The number of imidazole rings is 1. The van der Waals surface area contributed by atoms with E-state index in [-0.39, 0.29) is 19.1 Å². The first kappa shape index (κ1) is 12.9. The summed E-state index contributed by atoms with van der Waals surface area (Å²) in [6, 6.07) is 3.50. The number of aliphatic hydroxyl groups is 1. The molecule has 2 aromatic heterocycles. The normalized spacial score (nSPS) is 10.8. The Morgan fingerprint density at radius 2 is 2.33 bits per heavy atom. The number of aryl methyl sites for hydroxylation is 1. The Morgan fingerprint density at radius 1 is 1.56 bits per heavy atom. The van der Waals surface area contributed by atoms with Gasteiger partial charge in [0.2, 0.25) is 0 Å². The van der Waals surface area contributed by atoms with Gasteiger partial charge < -0.3 is 10.4 Å². The molecule has 0 unspecified atom stereocenters. The molecule has 0 aliphatic heterocycles. The van der Waals surface area contributed by atoms with Crippen LogP contribution in [-0.2, 0) is 6.42 Å². The average Bonchev–Trinajstić information content (AvgIpc) is 2.73. The van der Waals surface area contributed by atoms with Crippen LogP contribution in [0.3, 0.4) is 0 Å². The first-order chi connectivity index (χ1) is 8.67. The molecule has 0 spiro atoms. The third-order valence-electron chi connectivity index (χ3n) is 2.60. The minimum absolute atomic E-state index is 0.0926. The minimum atomic E-state index is -0.254. The highest BCUT2D eigenvalue weighted by Crippen LogP contribution is 2.17. The molecule has 5 nitrogen and oxygen atoms in total. The fraction of sp³-hybridized carbons (Fsp3) is 0.333. The fourth-order valence-corrected chi connectivity index (χ4v) is 1.97. The van der Waals surface area contributed by atoms with Crippen molar-refractivity contribution in [2.45, 2.75) is 13.3 Å². The second-order valence-corrected chi connectivity index (χ2v) is 4.25. The molecule has 96 valence electrons. The van der Waals surface area contributed by atoms with Crippen LogP contribution in [0.25, 0.3) is 5.65 Å². The number of rotatable bonds is 4. The van der Waals surface area contributed by atoms with Gasteiger partial charge in [-0.3, -0.25) is 9.20 Å². The topological polar surface area (TPSA) is 66.6 Å². The van der Waals surface area contributed by atoms with Gasteiger partial charge in [0, 0.05) is 12.7 Å². The Hall–Kier alpha value is -1.59. The number of hydrogen-bond acceptors (Lipinski definition) is 3. The van der Waals surface area contributed by atoms with Gasteiger partial charge in [-0.15, -0.1) is 0 Å². The molecule has 0 fully saturated rings. The molecule has 1 amide bonds. The highest BCUT2D eigenvalue weighted by atomic mass is 35.5. The van der Waals surface area contributed by atoms with Crippen molar-refractivity contribution < 1.29 is 9.90 Å². The van der Waals surface area contributed by atoms with E-state index >= 15 is 0 Å². The minimum Gasteiger partial charge on any atom is -0.395 e. The van der Waals surface area contributed by atoms with Crippen molar-refractivity contribution in [3.05, 3.63) is 34.7 Å². The maximum atomic E-state index is 12.0. The van der Waals surface area contributed by atoms with Crippen LogP contribution in [0.5, 0.6) is 0 Å². The van der Waals surface area contributed by atoms with Gasteiger partial charge in [-0.05, 0) is 18.6 Å². The molecule has 2 rings (SSSR count). The van der Waals surface area contributed by atoms with Crippen molar-refractivity contribution in [1.29, 1.82) is 0 Å². The number of pyridine rings is 1. The second-order valence-electron chi connectivity index (χ2n) is 3.82. The molecule has 6 heteroatoms. The Bertz CT molecular complexity index is 580. The number of nitrogens with zero attached hydrogens (tertiary/aromatic N) is 2. The first-order valence-corrected chi connectivity index (χ1v) is 6.10. The van der Waals surface area contributed by atoms with Crippen molar-refractivity contribution in [3.8, 4) is 0 Å². The van der Waals surface area contributed by atoms with Crippen LogP contribution in [0.1, 0.15) is 23.1 Å². The highest BCUT2D eigenvalue weighted by Gasteiger charge is 2.17. The maximum Gasteiger partial charge on any atom is 0.270 e. The largest absolute Gasteiger partial charge is 0.395 e. The zero-order valence-electron chi connectivity index (χ0n) is 9.98. The van der Waals surface area contributed by atoms with E-state index in [2.05, 4.69) is 10.3 Å². The van der Waals surface area contributed by atoms with E-state index in [0.29, 0.717) is 28.5 Å². The zero-order chi connectivity index (χ0) is 13.1. The molecule has 0 radical (unpaired) electrons. The Kier molecular flexibility index (Phi) is 3.84. The lowest BCUT2D eigenvalue weighted by Gasteiger charge is -2.05. The summed E-state index contributed by atoms with van der Waals surface area (Å²) in [6.07, 6.45) is 2.32. The molecule has 0 saturated carbocycles. The van der Waals surface area contributed by atoms with Gasteiger partial charge >= 0.3 is 0 Å². The molecule has 0 bridgehead atoms. The van der Waals surface area contributed by atoms with Gasteiger partial charge in [0.05, 0.1) is 17.3 Å². The summed E-state index contributed by atoms with van der Waals surface area (Å²) in [5, 5.41) is 11.9. The number of carbonyl (C=O) groups is 1. The summed E-state index contributed by atoms with van der Waals surface area (Å²) in [5.41, 5.74) is 1.88. The molecule has 0 atom stereocenters. The van der Waals surface area contributed by atoms with Gasteiger partial charge in [-0.25, -0.2) is 4.98 Å². The molecule has 0 aliphatic carbocycles. The first-order valence-electron chi connectivity index (χ1n) is 5.73. The van der Waals surface area contributed by atoms with Crippen molar-refractivity contribution >= 4 is 23.2 Å². The summed E-state index contributed by atoms with van der Waals surface area (Å²) in [4.78, 5) is 16.4. The van der Waals surface area contributed by atoms with Crippen molar-refractivity contribution in [3.63, 3.8) is 0 Å². The van der Waals surface area contributed by atoms with Crippen LogP contribution in [0, 0.1) is 0 Å². The fourth-order valence-electron chi connectivity index (χ4n) is 1.81. The van der Waals surface area contributed by atoms with E-state index < -0.39 is 0 Å². The number of aliphatic hydroxyl groups excluding tert-OH is 1. The quantitative estimate of drug-likeness (QED) is 0.877. The van der Waals surface area contributed by atoms with Gasteiger partial charge in [-0.2, -0.15) is 0 Å². The van der Waals surface area contributed by atoms with Crippen LogP contribution in [0.4, 0.5) is 0 Å². The summed E-state index contributed by atoms with van der Waals surface area (Å²) in [7, 11) is 0. The molecule has 2 N–H and O–H groups in total. The van der Waals surface area contributed by atoms with E-state index in [4.69, 9.17) is 16.7 Å². The Labute approximate surface area is 109 Å². The van der Waals surface area contributed by atoms with Gasteiger partial charge in [-0.1, -0.05) is 18.5 Å². The van der Waals surface area contributed by atoms with E-state index in [1.807, 2.05) is 6.92 Å². The van der Waals surface area contributed by atoms with Gasteiger partial charge in [0.1, 0.15) is 11.3 Å². The van der Waals surface area contributed by atoms with Crippen LogP contribution in [-0.4, -0.2) is 33.6 Å². The third kappa shape index (κ3) is 2.32. The lowest BCUT2D eigenvalue weighted by Crippen LogP contribution is -2.28. The Morgan fingerprint density at radius 3 is 3.00 bits per heavy atom. The van der Waals surface area contributed by atoms with Crippen LogP contribution in [0.15, 0.2) is 18.3 Å². The molecule has 0 saturated heterocycles. The molecular formula is C12H14ClN3O2.